The number of carbonyl (C=O) groups excluding carboxylic acids is 1. The van der Waals surface area contributed by atoms with Crippen LogP contribution in [0, 0.1) is 18.3 Å². The predicted molar refractivity (Wildman–Crippen MR) is 52.1 cm³/mol. The van der Waals surface area contributed by atoms with Crippen LogP contribution in [0.5, 0.6) is 0 Å². The van der Waals surface area contributed by atoms with E-state index in [9.17, 15) is 4.79 Å². The molecule has 1 fully saturated rings. The molecule has 2 N–H and O–H groups in total. The summed E-state index contributed by atoms with van der Waals surface area (Å²) in [6.07, 6.45) is 7.49. The lowest BCUT2D eigenvalue weighted by atomic mass is 10.1. The van der Waals surface area contributed by atoms with E-state index in [1.165, 1.54) is 6.42 Å². The van der Waals surface area contributed by atoms with Crippen molar-refractivity contribution in [2.75, 3.05) is 19.6 Å². The van der Waals surface area contributed by atoms with E-state index >= 15 is 0 Å². The molecular weight excluding hydrogens is 164 g/mol. The second kappa shape index (κ2) is 5.60. The van der Waals surface area contributed by atoms with Crippen molar-refractivity contribution in [3.8, 4) is 12.3 Å². The molecule has 13 heavy (non-hydrogen) atoms. The molecule has 0 aromatic rings. The second-order valence-electron chi connectivity index (χ2n) is 3.38. The largest absolute Gasteiger partial charge is 0.355 e. The van der Waals surface area contributed by atoms with Crippen LogP contribution in [0.15, 0.2) is 0 Å². The number of hydrogen-bond donors (Lipinski definition) is 2. The van der Waals surface area contributed by atoms with Crippen LogP contribution in [-0.4, -0.2) is 25.5 Å². The van der Waals surface area contributed by atoms with Gasteiger partial charge in [-0.05, 0) is 31.8 Å². The van der Waals surface area contributed by atoms with Gasteiger partial charge in [0.25, 0.3) is 0 Å². The maximum Gasteiger partial charge on any atom is 0.232 e. The highest BCUT2D eigenvalue weighted by atomic mass is 16.1. The Labute approximate surface area is 79.3 Å². The van der Waals surface area contributed by atoms with Crippen LogP contribution in [0.2, 0.25) is 0 Å². The third kappa shape index (κ3) is 3.95. The van der Waals surface area contributed by atoms with Gasteiger partial charge in [0.15, 0.2) is 0 Å². The molecule has 1 heterocycles. The molecule has 1 aliphatic rings. The molecule has 72 valence electrons. The fraction of sp³-hybridized carbons (Fsp3) is 0.700. The monoisotopic (exact) mass is 180 g/mol. The Hall–Kier alpha value is -1.01. The summed E-state index contributed by atoms with van der Waals surface area (Å²) in [6.45, 7) is 2.96. The van der Waals surface area contributed by atoms with Crippen LogP contribution in [0.1, 0.15) is 19.3 Å². The molecule has 0 spiro atoms. The number of terminal acetylenes is 1. The van der Waals surface area contributed by atoms with Crippen molar-refractivity contribution in [3.63, 3.8) is 0 Å². The molecular formula is C10H16N2O. The number of amides is 1. The van der Waals surface area contributed by atoms with Crippen molar-refractivity contribution in [1.82, 2.24) is 10.6 Å². The lowest BCUT2D eigenvalue weighted by molar-refractivity contribution is -0.120. The minimum atomic E-state index is -0.0338. The van der Waals surface area contributed by atoms with Gasteiger partial charge < -0.3 is 10.6 Å². The Morgan fingerprint density at radius 2 is 2.54 bits per heavy atom. The van der Waals surface area contributed by atoms with E-state index in [2.05, 4.69) is 16.6 Å². The van der Waals surface area contributed by atoms with Gasteiger partial charge in [0.2, 0.25) is 5.91 Å². The predicted octanol–water partition coefficient (Wildman–Crippen LogP) is 0.126. The smallest absolute Gasteiger partial charge is 0.232 e. The zero-order valence-corrected chi connectivity index (χ0v) is 7.81. The summed E-state index contributed by atoms with van der Waals surface area (Å²) in [6, 6.07) is 0. The summed E-state index contributed by atoms with van der Waals surface area (Å²) in [7, 11) is 0. The summed E-state index contributed by atoms with van der Waals surface area (Å²) >= 11 is 0. The SMILES string of the molecule is C#CCC(=O)NCCC1CCNC1. The van der Waals surface area contributed by atoms with Crippen LogP contribution in [0.4, 0.5) is 0 Å². The first-order valence-electron chi connectivity index (χ1n) is 4.74. The van der Waals surface area contributed by atoms with Gasteiger partial charge in [-0.25, -0.2) is 0 Å². The molecule has 0 aromatic heterocycles. The first kappa shape index (κ1) is 10.1. The summed E-state index contributed by atoms with van der Waals surface area (Å²) in [5, 5.41) is 6.09. The molecule has 3 heteroatoms. The molecule has 1 atom stereocenters. The van der Waals surface area contributed by atoms with E-state index in [0.717, 1.165) is 32.0 Å². The van der Waals surface area contributed by atoms with Crippen molar-refractivity contribution in [3.05, 3.63) is 0 Å². The standard InChI is InChI=1S/C10H16N2O/c1-2-3-10(13)12-7-5-9-4-6-11-8-9/h1,9,11H,3-8H2,(H,12,13). The van der Waals surface area contributed by atoms with Crippen LogP contribution in [-0.2, 0) is 4.79 Å². The van der Waals surface area contributed by atoms with Gasteiger partial charge in [-0.2, -0.15) is 0 Å². The molecule has 0 radical (unpaired) electrons. The van der Waals surface area contributed by atoms with Gasteiger partial charge in [0, 0.05) is 6.54 Å². The average Bonchev–Trinajstić information content (AvgIpc) is 2.57. The molecule has 1 amide bonds. The molecule has 0 aromatic carbocycles. The average molecular weight is 180 g/mol. The number of nitrogens with one attached hydrogen (secondary N) is 2. The van der Waals surface area contributed by atoms with Gasteiger partial charge in [0.05, 0.1) is 6.42 Å². The highest BCUT2D eigenvalue weighted by Crippen LogP contribution is 2.10. The normalized spacial score (nSPS) is 21.0. The highest BCUT2D eigenvalue weighted by Gasteiger charge is 2.13. The fourth-order valence-electron chi connectivity index (χ4n) is 1.53. The molecule has 1 unspecified atom stereocenters. The minimum Gasteiger partial charge on any atom is -0.355 e. The Balaban J connectivity index is 2.00. The number of rotatable bonds is 4. The zero-order chi connectivity index (χ0) is 9.52. The number of carbonyl (C=O) groups is 1. The van der Waals surface area contributed by atoms with Gasteiger partial charge in [-0.3, -0.25) is 4.79 Å². The molecule has 1 saturated heterocycles. The topological polar surface area (TPSA) is 41.1 Å². The maximum atomic E-state index is 10.9. The summed E-state index contributed by atoms with van der Waals surface area (Å²) in [4.78, 5) is 10.9. The maximum absolute atomic E-state index is 10.9. The Bertz CT molecular complexity index is 201. The van der Waals surface area contributed by atoms with E-state index in [1.54, 1.807) is 0 Å². The van der Waals surface area contributed by atoms with E-state index in [1.807, 2.05) is 0 Å². The van der Waals surface area contributed by atoms with E-state index in [-0.39, 0.29) is 12.3 Å². The molecule has 1 rings (SSSR count). The summed E-state index contributed by atoms with van der Waals surface area (Å²) < 4.78 is 0. The van der Waals surface area contributed by atoms with Gasteiger partial charge in [-0.1, -0.05) is 5.92 Å². The van der Waals surface area contributed by atoms with Crippen molar-refractivity contribution >= 4 is 5.91 Å². The van der Waals surface area contributed by atoms with E-state index < -0.39 is 0 Å². The third-order valence-electron chi connectivity index (χ3n) is 2.30. The summed E-state index contributed by atoms with van der Waals surface area (Å²) in [5.74, 6) is 3.02. The number of hydrogen-bond acceptors (Lipinski definition) is 2. The first-order valence-corrected chi connectivity index (χ1v) is 4.74. The van der Waals surface area contributed by atoms with Gasteiger partial charge in [-0.15, -0.1) is 6.42 Å². The first-order chi connectivity index (χ1) is 6.33. The van der Waals surface area contributed by atoms with Crippen LogP contribution in [0.3, 0.4) is 0 Å². The quantitative estimate of drug-likeness (QED) is 0.604. The Kier molecular flexibility index (Phi) is 4.34. The van der Waals surface area contributed by atoms with E-state index in [4.69, 9.17) is 6.42 Å². The van der Waals surface area contributed by atoms with Crippen LogP contribution in [0.25, 0.3) is 0 Å². The van der Waals surface area contributed by atoms with Crippen molar-refractivity contribution in [1.29, 1.82) is 0 Å². The van der Waals surface area contributed by atoms with E-state index in [0.29, 0.717) is 0 Å². The Morgan fingerprint density at radius 1 is 1.69 bits per heavy atom. The van der Waals surface area contributed by atoms with Crippen molar-refractivity contribution < 1.29 is 4.79 Å². The fourth-order valence-corrected chi connectivity index (χ4v) is 1.53. The van der Waals surface area contributed by atoms with Gasteiger partial charge in [0.1, 0.15) is 0 Å². The van der Waals surface area contributed by atoms with Gasteiger partial charge >= 0.3 is 0 Å². The lowest BCUT2D eigenvalue weighted by Crippen LogP contribution is -2.25. The summed E-state index contributed by atoms with van der Waals surface area (Å²) in [5.41, 5.74) is 0. The second-order valence-corrected chi connectivity index (χ2v) is 3.38. The molecule has 1 aliphatic heterocycles. The molecule has 3 nitrogen and oxygen atoms in total. The van der Waals surface area contributed by atoms with Crippen LogP contribution >= 0.6 is 0 Å². The Morgan fingerprint density at radius 3 is 3.15 bits per heavy atom. The zero-order valence-electron chi connectivity index (χ0n) is 7.81. The molecule has 0 aliphatic carbocycles. The lowest BCUT2D eigenvalue weighted by Gasteiger charge is -2.07. The molecule has 0 bridgehead atoms. The third-order valence-corrected chi connectivity index (χ3v) is 2.30. The molecule has 0 saturated carbocycles. The van der Waals surface area contributed by atoms with Crippen molar-refractivity contribution in [2.24, 2.45) is 5.92 Å². The van der Waals surface area contributed by atoms with Crippen molar-refractivity contribution in [2.45, 2.75) is 19.3 Å². The highest BCUT2D eigenvalue weighted by molar-refractivity contribution is 5.78. The minimum absolute atomic E-state index is 0.0338. The van der Waals surface area contributed by atoms with Crippen LogP contribution < -0.4 is 10.6 Å².